The molecule has 0 radical (unpaired) electrons. The summed E-state index contributed by atoms with van der Waals surface area (Å²) < 4.78 is 39.1. The van der Waals surface area contributed by atoms with Crippen LogP contribution >= 0.6 is 0 Å². The minimum absolute atomic E-state index is 0.00192. The number of carbonyl (C=O) groups is 1. The third-order valence-corrected chi connectivity index (χ3v) is 4.54. The predicted molar refractivity (Wildman–Crippen MR) is 80.7 cm³/mol. The van der Waals surface area contributed by atoms with E-state index in [1.807, 2.05) is 19.1 Å². The van der Waals surface area contributed by atoms with E-state index in [9.17, 15) is 23.1 Å². The lowest BCUT2D eigenvalue weighted by Gasteiger charge is -2.32. The van der Waals surface area contributed by atoms with Gasteiger partial charge in [-0.3, -0.25) is 4.79 Å². The summed E-state index contributed by atoms with van der Waals surface area (Å²) in [6.45, 7) is 1.76. The van der Waals surface area contributed by atoms with Gasteiger partial charge >= 0.3 is 6.18 Å². The Kier molecular flexibility index (Phi) is 5.68. The molecular formula is C17H22F3NO2. The maximum absolute atomic E-state index is 13.0. The van der Waals surface area contributed by atoms with Crippen molar-refractivity contribution < 1.29 is 23.1 Å². The van der Waals surface area contributed by atoms with Gasteiger partial charge in [0.05, 0.1) is 12.0 Å². The van der Waals surface area contributed by atoms with Crippen LogP contribution in [-0.2, 0) is 4.79 Å². The van der Waals surface area contributed by atoms with Crippen molar-refractivity contribution in [2.45, 2.75) is 44.9 Å². The Hall–Kier alpha value is -1.56. The summed E-state index contributed by atoms with van der Waals surface area (Å²) in [6.07, 6.45) is -3.90. The van der Waals surface area contributed by atoms with Gasteiger partial charge in [-0.25, -0.2) is 0 Å². The largest absolute Gasteiger partial charge is 0.392 e. The number of rotatable bonds is 4. The van der Waals surface area contributed by atoms with Gasteiger partial charge in [-0.1, -0.05) is 37.1 Å². The Bertz CT molecular complexity index is 545. The minimum atomic E-state index is -4.35. The zero-order valence-corrected chi connectivity index (χ0v) is 13.1. The number of carbonyl (C=O) groups excluding carboxylic acids is 1. The van der Waals surface area contributed by atoms with E-state index in [1.165, 1.54) is 0 Å². The first kappa shape index (κ1) is 17.8. The first-order valence-corrected chi connectivity index (χ1v) is 7.88. The molecule has 3 atom stereocenters. The molecule has 1 aliphatic rings. The number of benzene rings is 1. The number of hydrogen-bond donors (Lipinski definition) is 2. The Morgan fingerprint density at radius 2 is 1.96 bits per heavy atom. The lowest BCUT2D eigenvalue weighted by Crippen LogP contribution is -2.43. The third kappa shape index (κ3) is 4.47. The highest BCUT2D eigenvalue weighted by Crippen LogP contribution is 2.41. The number of aryl methyl sites for hydroxylation is 1. The average molecular weight is 329 g/mol. The van der Waals surface area contributed by atoms with Crippen LogP contribution in [0.15, 0.2) is 24.3 Å². The molecule has 6 heteroatoms. The fourth-order valence-corrected chi connectivity index (χ4v) is 3.24. The van der Waals surface area contributed by atoms with Crippen LogP contribution < -0.4 is 5.32 Å². The summed E-state index contributed by atoms with van der Waals surface area (Å²) in [5.41, 5.74) is 1.55. The molecular weight excluding hydrogens is 307 g/mol. The quantitative estimate of drug-likeness (QED) is 0.888. The summed E-state index contributed by atoms with van der Waals surface area (Å²) in [7, 11) is 0. The third-order valence-electron chi connectivity index (χ3n) is 4.54. The molecule has 0 unspecified atom stereocenters. The molecule has 0 spiro atoms. The number of hydrogen-bond acceptors (Lipinski definition) is 2. The van der Waals surface area contributed by atoms with E-state index in [2.05, 4.69) is 5.32 Å². The zero-order chi connectivity index (χ0) is 17.0. The van der Waals surface area contributed by atoms with Crippen LogP contribution in [-0.4, -0.2) is 23.7 Å². The summed E-state index contributed by atoms with van der Waals surface area (Å²) in [5.74, 6) is -3.24. The van der Waals surface area contributed by atoms with Crippen molar-refractivity contribution in [3.05, 3.63) is 35.4 Å². The molecule has 3 nitrogen and oxygen atoms in total. The highest BCUT2D eigenvalue weighted by Gasteiger charge is 2.47. The van der Waals surface area contributed by atoms with Crippen molar-refractivity contribution in [1.82, 2.24) is 5.32 Å². The Morgan fingerprint density at radius 3 is 2.61 bits per heavy atom. The van der Waals surface area contributed by atoms with Gasteiger partial charge in [0, 0.05) is 12.5 Å². The van der Waals surface area contributed by atoms with Gasteiger partial charge in [0.2, 0.25) is 5.91 Å². The SMILES string of the molecule is Cc1ccccc1[C@@H](O)CNC(=O)[C@H]1CCCC[C@@H]1C(F)(F)F. The van der Waals surface area contributed by atoms with Crippen LogP contribution in [0.25, 0.3) is 0 Å². The van der Waals surface area contributed by atoms with Gasteiger partial charge < -0.3 is 10.4 Å². The van der Waals surface area contributed by atoms with Crippen LogP contribution in [0.4, 0.5) is 13.2 Å². The summed E-state index contributed by atoms with van der Waals surface area (Å²) in [4.78, 5) is 12.2. The van der Waals surface area contributed by atoms with E-state index < -0.39 is 30.0 Å². The van der Waals surface area contributed by atoms with E-state index in [4.69, 9.17) is 0 Å². The van der Waals surface area contributed by atoms with Crippen LogP contribution in [0.2, 0.25) is 0 Å². The highest BCUT2D eigenvalue weighted by molar-refractivity contribution is 5.79. The van der Waals surface area contributed by atoms with Gasteiger partial charge in [0.15, 0.2) is 0 Å². The fraction of sp³-hybridized carbons (Fsp3) is 0.588. The number of aliphatic hydroxyl groups is 1. The van der Waals surface area contributed by atoms with Crippen molar-refractivity contribution in [3.8, 4) is 0 Å². The monoisotopic (exact) mass is 329 g/mol. The molecule has 1 saturated carbocycles. The molecule has 0 saturated heterocycles. The first-order valence-electron chi connectivity index (χ1n) is 7.88. The van der Waals surface area contributed by atoms with Crippen LogP contribution in [0, 0.1) is 18.8 Å². The van der Waals surface area contributed by atoms with E-state index in [0.717, 1.165) is 5.56 Å². The van der Waals surface area contributed by atoms with Crippen LogP contribution in [0.3, 0.4) is 0 Å². The normalized spacial score (nSPS) is 23.3. The Labute approximate surface area is 133 Å². The average Bonchev–Trinajstić information content (AvgIpc) is 2.52. The van der Waals surface area contributed by atoms with Crippen LogP contribution in [0.5, 0.6) is 0 Å². The zero-order valence-electron chi connectivity index (χ0n) is 13.1. The van der Waals surface area contributed by atoms with Gasteiger partial charge in [0.1, 0.15) is 0 Å². The van der Waals surface area contributed by atoms with Crippen molar-refractivity contribution in [2.75, 3.05) is 6.54 Å². The lowest BCUT2D eigenvalue weighted by molar-refractivity contribution is -0.198. The van der Waals surface area contributed by atoms with Crippen molar-refractivity contribution in [1.29, 1.82) is 0 Å². The van der Waals surface area contributed by atoms with Gasteiger partial charge in [-0.05, 0) is 30.9 Å². The predicted octanol–water partition coefficient (Wildman–Crippen LogP) is 3.51. The maximum Gasteiger partial charge on any atom is 0.392 e. The molecule has 1 amide bonds. The number of nitrogens with one attached hydrogen (secondary N) is 1. The molecule has 23 heavy (non-hydrogen) atoms. The van der Waals surface area contributed by atoms with E-state index in [1.54, 1.807) is 12.1 Å². The van der Waals surface area contributed by atoms with E-state index in [0.29, 0.717) is 18.4 Å². The van der Waals surface area contributed by atoms with Crippen LogP contribution in [0.1, 0.15) is 42.9 Å². The maximum atomic E-state index is 13.0. The highest BCUT2D eigenvalue weighted by atomic mass is 19.4. The first-order chi connectivity index (χ1) is 10.8. The molecule has 2 N–H and O–H groups in total. The summed E-state index contributed by atoms with van der Waals surface area (Å²) in [5, 5.41) is 12.6. The number of aliphatic hydroxyl groups excluding tert-OH is 1. The fourth-order valence-electron chi connectivity index (χ4n) is 3.24. The molecule has 0 bridgehead atoms. The molecule has 128 valence electrons. The molecule has 0 heterocycles. The van der Waals surface area contributed by atoms with Gasteiger partial charge in [-0.2, -0.15) is 13.2 Å². The van der Waals surface area contributed by atoms with Crippen molar-refractivity contribution in [2.24, 2.45) is 11.8 Å². The van der Waals surface area contributed by atoms with E-state index >= 15 is 0 Å². The molecule has 1 fully saturated rings. The molecule has 0 aliphatic heterocycles. The molecule has 1 aromatic carbocycles. The molecule has 2 rings (SSSR count). The Balaban J connectivity index is 1.97. The molecule has 1 aliphatic carbocycles. The minimum Gasteiger partial charge on any atom is -0.387 e. The standard InChI is InChI=1S/C17H22F3NO2/c1-11-6-2-3-7-12(11)15(22)10-21-16(23)13-8-4-5-9-14(13)17(18,19)20/h2-3,6-7,13-15,22H,4-5,8-10H2,1H3,(H,21,23)/t13-,14-,15-/m0/s1. The van der Waals surface area contributed by atoms with Gasteiger partial charge in [-0.15, -0.1) is 0 Å². The molecule has 1 aromatic rings. The summed E-state index contributed by atoms with van der Waals surface area (Å²) >= 11 is 0. The topological polar surface area (TPSA) is 49.3 Å². The Morgan fingerprint density at radius 1 is 1.30 bits per heavy atom. The lowest BCUT2D eigenvalue weighted by atomic mass is 9.78. The number of halogens is 3. The second-order valence-electron chi connectivity index (χ2n) is 6.16. The summed E-state index contributed by atoms with van der Waals surface area (Å²) in [6, 6.07) is 7.18. The van der Waals surface area contributed by atoms with Crippen molar-refractivity contribution >= 4 is 5.91 Å². The second kappa shape index (κ2) is 7.34. The van der Waals surface area contributed by atoms with E-state index in [-0.39, 0.29) is 19.4 Å². The smallest absolute Gasteiger partial charge is 0.387 e. The molecule has 0 aromatic heterocycles. The van der Waals surface area contributed by atoms with Crippen molar-refractivity contribution in [3.63, 3.8) is 0 Å². The second-order valence-corrected chi connectivity index (χ2v) is 6.16. The van der Waals surface area contributed by atoms with Gasteiger partial charge in [0.25, 0.3) is 0 Å². The number of alkyl halides is 3. The number of amides is 1.